The number of fused-ring (bicyclic) bond motifs is 1. The maximum Gasteiger partial charge on any atom is 0.258 e. The molecule has 0 radical (unpaired) electrons. The van der Waals surface area contributed by atoms with Crippen LogP contribution in [0.5, 0.6) is 0 Å². The summed E-state index contributed by atoms with van der Waals surface area (Å²) in [5.41, 5.74) is 1.15. The molecule has 1 aliphatic rings. The van der Waals surface area contributed by atoms with E-state index in [2.05, 4.69) is 9.97 Å². The molecule has 0 atom stereocenters. The molecule has 1 amide bonds. The molecule has 0 unspecified atom stereocenters. The summed E-state index contributed by atoms with van der Waals surface area (Å²) in [7, 11) is 0. The van der Waals surface area contributed by atoms with Crippen LogP contribution in [-0.2, 0) is 16.8 Å². The number of rotatable bonds is 5. The van der Waals surface area contributed by atoms with Gasteiger partial charge >= 0.3 is 0 Å². The monoisotopic (exact) mass is 347 g/mol. The molecule has 132 valence electrons. The Balaban J connectivity index is 1.63. The van der Waals surface area contributed by atoms with Gasteiger partial charge in [-0.1, -0.05) is 42.5 Å². The molecular formula is C21H21N3O2. The molecule has 5 heteroatoms. The van der Waals surface area contributed by atoms with E-state index in [0.717, 1.165) is 18.4 Å². The van der Waals surface area contributed by atoms with Crippen molar-refractivity contribution in [1.29, 1.82) is 0 Å². The molecule has 0 saturated heterocycles. The predicted octanol–water partition coefficient (Wildman–Crippen LogP) is 3.00. The zero-order valence-corrected chi connectivity index (χ0v) is 14.7. The van der Waals surface area contributed by atoms with Crippen LogP contribution < -0.4 is 5.56 Å². The van der Waals surface area contributed by atoms with Gasteiger partial charge in [0.25, 0.3) is 5.56 Å². The number of aromatic amines is 1. The maximum atomic E-state index is 13.2. The lowest BCUT2D eigenvalue weighted by Crippen LogP contribution is -2.39. The molecule has 0 bridgehead atoms. The SMILES string of the molecule is CCN(Cc1nc2ccccc2c(=O)[nH]1)C(=O)C1(c2ccccc2)CC1. The minimum Gasteiger partial charge on any atom is -0.335 e. The molecule has 1 aromatic heterocycles. The third kappa shape index (κ3) is 2.79. The van der Waals surface area contributed by atoms with E-state index in [1.54, 1.807) is 11.0 Å². The van der Waals surface area contributed by atoms with E-state index in [-0.39, 0.29) is 11.5 Å². The fourth-order valence-corrected chi connectivity index (χ4v) is 3.53. The molecule has 5 nitrogen and oxygen atoms in total. The summed E-state index contributed by atoms with van der Waals surface area (Å²) in [6.07, 6.45) is 1.74. The average molecular weight is 347 g/mol. The third-order valence-corrected chi connectivity index (χ3v) is 5.16. The fourth-order valence-electron chi connectivity index (χ4n) is 3.53. The first kappa shape index (κ1) is 16.5. The molecule has 1 heterocycles. The van der Waals surface area contributed by atoms with Gasteiger partial charge < -0.3 is 9.88 Å². The number of carbonyl (C=O) groups is 1. The number of amides is 1. The van der Waals surface area contributed by atoms with Gasteiger partial charge in [0.15, 0.2) is 0 Å². The highest BCUT2D eigenvalue weighted by molar-refractivity contribution is 5.91. The highest BCUT2D eigenvalue weighted by Crippen LogP contribution is 2.49. The Hall–Kier alpha value is -2.95. The number of likely N-dealkylation sites (N-methyl/N-ethyl adjacent to an activating group) is 1. The van der Waals surface area contributed by atoms with Crippen LogP contribution >= 0.6 is 0 Å². The van der Waals surface area contributed by atoms with Crippen LogP contribution in [0.3, 0.4) is 0 Å². The van der Waals surface area contributed by atoms with Crippen molar-refractivity contribution < 1.29 is 4.79 Å². The zero-order valence-electron chi connectivity index (χ0n) is 14.7. The Bertz CT molecular complexity index is 1010. The second-order valence-corrected chi connectivity index (χ2v) is 6.80. The van der Waals surface area contributed by atoms with Crippen molar-refractivity contribution in [2.24, 2.45) is 0 Å². The van der Waals surface area contributed by atoms with E-state index < -0.39 is 5.41 Å². The minimum atomic E-state index is -0.408. The number of H-pyrrole nitrogens is 1. The van der Waals surface area contributed by atoms with E-state index in [9.17, 15) is 9.59 Å². The lowest BCUT2D eigenvalue weighted by molar-refractivity contribution is -0.134. The number of aromatic nitrogens is 2. The van der Waals surface area contributed by atoms with Crippen molar-refractivity contribution in [2.45, 2.75) is 31.7 Å². The number of nitrogens with zero attached hydrogens (tertiary/aromatic N) is 2. The molecule has 0 aliphatic heterocycles. The first-order valence-corrected chi connectivity index (χ1v) is 8.97. The summed E-state index contributed by atoms with van der Waals surface area (Å²) >= 11 is 0. The lowest BCUT2D eigenvalue weighted by atomic mass is 9.94. The zero-order chi connectivity index (χ0) is 18.1. The van der Waals surface area contributed by atoms with Crippen molar-refractivity contribution in [1.82, 2.24) is 14.9 Å². The molecule has 1 saturated carbocycles. The molecule has 3 aromatic rings. The molecule has 1 aliphatic carbocycles. The van der Waals surface area contributed by atoms with Crippen LogP contribution in [0.1, 0.15) is 31.2 Å². The van der Waals surface area contributed by atoms with Crippen molar-refractivity contribution >= 4 is 16.8 Å². The summed E-state index contributed by atoms with van der Waals surface area (Å²) in [5.74, 6) is 0.634. The molecule has 1 fully saturated rings. The Morgan fingerprint density at radius 3 is 2.50 bits per heavy atom. The van der Waals surface area contributed by atoms with E-state index in [1.807, 2.05) is 55.5 Å². The molecule has 1 N–H and O–H groups in total. The Morgan fingerprint density at radius 1 is 1.12 bits per heavy atom. The summed E-state index contributed by atoms with van der Waals surface area (Å²) in [6.45, 7) is 2.84. The van der Waals surface area contributed by atoms with E-state index >= 15 is 0 Å². The van der Waals surface area contributed by atoms with Crippen molar-refractivity contribution in [3.63, 3.8) is 0 Å². The van der Waals surface area contributed by atoms with E-state index in [4.69, 9.17) is 0 Å². The summed E-state index contributed by atoms with van der Waals surface area (Å²) < 4.78 is 0. The van der Waals surface area contributed by atoms with Gasteiger partial charge in [0.2, 0.25) is 5.91 Å². The van der Waals surface area contributed by atoms with Crippen LogP contribution in [0.2, 0.25) is 0 Å². The lowest BCUT2D eigenvalue weighted by Gasteiger charge is -2.26. The minimum absolute atomic E-state index is 0.113. The van der Waals surface area contributed by atoms with Gasteiger partial charge in [-0.25, -0.2) is 4.98 Å². The number of carbonyl (C=O) groups excluding carboxylic acids is 1. The highest BCUT2D eigenvalue weighted by atomic mass is 16.2. The van der Waals surface area contributed by atoms with Gasteiger partial charge in [0.1, 0.15) is 5.82 Å². The Morgan fingerprint density at radius 2 is 1.81 bits per heavy atom. The number of nitrogens with one attached hydrogen (secondary N) is 1. The van der Waals surface area contributed by atoms with Crippen LogP contribution in [0, 0.1) is 0 Å². The average Bonchev–Trinajstić information content (AvgIpc) is 3.48. The number of hydrogen-bond acceptors (Lipinski definition) is 3. The predicted molar refractivity (Wildman–Crippen MR) is 101 cm³/mol. The van der Waals surface area contributed by atoms with Gasteiger partial charge in [0, 0.05) is 6.54 Å². The van der Waals surface area contributed by atoms with Crippen LogP contribution in [-0.4, -0.2) is 27.3 Å². The first-order valence-electron chi connectivity index (χ1n) is 8.97. The summed E-state index contributed by atoms with van der Waals surface area (Å²) in [6, 6.07) is 17.2. The standard InChI is InChI=1S/C21H21N3O2/c1-2-24(20(26)21(12-13-21)15-8-4-3-5-9-15)14-18-22-17-11-7-6-10-16(17)19(25)23-18/h3-11H,2,12-14H2,1H3,(H,22,23,25). The first-order chi connectivity index (χ1) is 12.6. The largest absolute Gasteiger partial charge is 0.335 e. The molecule has 26 heavy (non-hydrogen) atoms. The van der Waals surface area contributed by atoms with E-state index in [1.165, 1.54) is 0 Å². The molecule has 2 aromatic carbocycles. The topological polar surface area (TPSA) is 66.1 Å². The molecule has 4 rings (SSSR count). The Kier molecular flexibility index (Phi) is 4.07. The number of para-hydroxylation sites is 1. The third-order valence-electron chi connectivity index (χ3n) is 5.16. The fraction of sp³-hybridized carbons (Fsp3) is 0.286. The van der Waals surface area contributed by atoms with Crippen LogP contribution in [0.4, 0.5) is 0 Å². The van der Waals surface area contributed by atoms with Crippen molar-refractivity contribution in [3.8, 4) is 0 Å². The van der Waals surface area contributed by atoms with Crippen molar-refractivity contribution in [2.75, 3.05) is 6.54 Å². The number of hydrogen-bond donors (Lipinski definition) is 1. The smallest absolute Gasteiger partial charge is 0.258 e. The normalized spacial score (nSPS) is 15.0. The molecular weight excluding hydrogens is 326 g/mol. The molecule has 0 spiro atoms. The van der Waals surface area contributed by atoms with Crippen molar-refractivity contribution in [3.05, 3.63) is 76.3 Å². The van der Waals surface area contributed by atoms with Gasteiger partial charge in [-0.15, -0.1) is 0 Å². The highest BCUT2D eigenvalue weighted by Gasteiger charge is 2.52. The van der Waals surface area contributed by atoms with Gasteiger partial charge in [-0.3, -0.25) is 9.59 Å². The van der Waals surface area contributed by atoms with Gasteiger partial charge in [-0.2, -0.15) is 0 Å². The van der Waals surface area contributed by atoms with Crippen LogP contribution in [0.25, 0.3) is 10.9 Å². The van der Waals surface area contributed by atoms with E-state index in [0.29, 0.717) is 29.8 Å². The quantitative estimate of drug-likeness (QED) is 0.771. The Labute approximate surface area is 151 Å². The van der Waals surface area contributed by atoms with Gasteiger partial charge in [0.05, 0.1) is 22.9 Å². The maximum absolute atomic E-state index is 13.2. The number of benzene rings is 2. The van der Waals surface area contributed by atoms with Gasteiger partial charge in [-0.05, 0) is 37.5 Å². The second-order valence-electron chi connectivity index (χ2n) is 6.80. The summed E-state index contributed by atoms with van der Waals surface area (Å²) in [5, 5.41) is 0.563. The second kappa shape index (κ2) is 6.41. The van der Waals surface area contributed by atoms with Crippen LogP contribution in [0.15, 0.2) is 59.4 Å². The summed E-state index contributed by atoms with van der Waals surface area (Å²) in [4.78, 5) is 34.6.